The monoisotopic (exact) mass is 337 g/mol. The summed E-state index contributed by atoms with van der Waals surface area (Å²) >= 11 is 0. The van der Waals surface area contributed by atoms with E-state index in [0.29, 0.717) is 0 Å². The number of pyridine rings is 1. The highest BCUT2D eigenvalue weighted by Crippen LogP contribution is 2.36. The lowest BCUT2D eigenvalue weighted by atomic mass is 10.1. The quantitative estimate of drug-likeness (QED) is 0.419. The van der Waals surface area contributed by atoms with Crippen LogP contribution in [0.2, 0.25) is 0 Å². The molecule has 0 spiro atoms. The molecule has 5 aromatic rings. The molecule has 26 heavy (non-hydrogen) atoms. The highest BCUT2D eigenvalue weighted by atomic mass is 15.2. The van der Waals surface area contributed by atoms with Gasteiger partial charge in [0, 0.05) is 18.0 Å². The van der Waals surface area contributed by atoms with E-state index in [9.17, 15) is 0 Å². The molecular formula is C22H17N4+. The third-order valence-corrected chi connectivity index (χ3v) is 5.48. The Morgan fingerprint density at radius 1 is 0.962 bits per heavy atom. The van der Waals surface area contributed by atoms with E-state index in [1.165, 1.54) is 44.7 Å². The lowest BCUT2D eigenvalue weighted by Gasteiger charge is -2.03. The normalized spacial score (nSPS) is 12.7. The molecule has 0 saturated heterocycles. The molecule has 1 aliphatic rings. The van der Waals surface area contributed by atoms with Crippen molar-refractivity contribution < 1.29 is 4.57 Å². The Morgan fingerprint density at radius 2 is 1.77 bits per heavy atom. The zero-order chi connectivity index (χ0) is 17.3. The maximum Gasteiger partial charge on any atom is 0.275 e. The van der Waals surface area contributed by atoms with Gasteiger partial charge in [0.05, 0.1) is 24.5 Å². The molecule has 0 fully saturated rings. The van der Waals surface area contributed by atoms with Crippen LogP contribution in [0, 0.1) is 0 Å². The van der Waals surface area contributed by atoms with E-state index in [0.717, 1.165) is 6.54 Å². The zero-order valence-electron chi connectivity index (χ0n) is 14.4. The van der Waals surface area contributed by atoms with Crippen LogP contribution in [-0.4, -0.2) is 14.1 Å². The van der Waals surface area contributed by atoms with E-state index in [2.05, 4.69) is 86.4 Å². The number of hydrogen-bond donors (Lipinski definition) is 0. The first-order valence-electron chi connectivity index (χ1n) is 8.85. The molecule has 4 heterocycles. The van der Waals surface area contributed by atoms with E-state index in [1.54, 1.807) is 0 Å². The number of aryl methyl sites for hydroxylation is 1. The predicted molar refractivity (Wildman–Crippen MR) is 102 cm³/mol. The van der Waals surface area contributed by atoms with Crippen LogP contribution in [0.15, 0.2) is 73.1 Å². The Kier molecular flexibility index (Phi) is 2.57. The summed E-state index contributed by atoms with van der Waals surface area (Å²) in [6.45, 7) is 0.902. The van der Waals surface area contributed by atoms with Crippen LogP contribution in [0.1, 0.15) is 5.56 Å². The molecule has 0 amide bonds. The minimum absolute atomic E-state index is 0.902. The third-order valence-electron chi connectivity index (χ3n) is 5.48. The van der Waals surface area contributed by atoms with E-state index in [4.69, 9.17) is 0 Å². The summed E-state index contributed by atoms with van der Waals surface area (Å²) in [6, 6.07) is 21.4. The van der Waals surface area contributed by atoms with Gasteiger partial charge >= 0.3 is 0 Å². The Labute approximate surface area is 150 Å². The lowest BCUT2D eigenvalue weighted by molar-refractivity contribution is -0.648. The largest absolute Gasteiger partial charge is 0.275 e. The fourth-order valence-corrected chi connectivity index (χ4v) is 4.43. The smallest absolute Gasteiger partial charge is 0.264 e. The van der Waals surface area contributed by atoms with Crippen LogP contribution in [0.5, 0.6) is 0 Å². The third kappa shape index (κ3) is 1.59. The predicted octanol–water partition coefficient (Wildman–Crippen LogP) is 3.83. The number of fused-ring (bicyclic) bond motifs is 7. The second-order valence-corrected chi connectivity index (χ2v) is 6.86. The summed E-state index contributed by atoms with van der Waals surface area (Å²) in [5, 5.41) is 1.19. The van der Waals surface area contributed by atoms with Crippen LogP contribution < -0.4 is 4.57 Å². The molecule has 0 radical (unpaired) electrons. The van der Waals surface area contributed by atoms with Crippen molar-refractivity contribution in [3.05, 3.63) is 78.6 Å². The van der Waals surface area contributed by atoms with Crippen molar-refractivity contribution in [2.75, 3.05) is 0 Å². The van der Waals surface area contributed by atoms with Gasteiger partial charge in [-0.3, -0.25) is 9.55 Å². The average Bonchev–Trinajstić information content (AvgIpc) is 3.31. The molecule has 0 aliphatic carbocycles. The Bertz CT molecular complexity index is 1310. The van der Waals surface area contributed by atoms with Crippen LogP contribution in [0.3, 0.4) is 0 Å². The Morgan fingerprint density at radius 3 is 2.65 bits per heavy atom. The van der Waals surface area contributed by atoms with Gasteiger partial charge in [0.1, 0.15) is 11.2 Å². The summed E-state index contributed by atoms with van der Waals surface area (Å²) in [7, 11) is 2.16. The van der Waals surface area contributed by atoms with Crippen LogP contribution in [0.25, 0.3) is 39.1 Å². The van der Waals surface area contributed by atoms with Crippen molar-refractivity contribution in [3.8, 4) is 17.1 Å². The van der Waals surface area contributed by atoms with E-state index < -0.39 is 0 Å². The van der Waals surface area contributed by atoms with Crippen molar-refractivity contribution in [3.63, 3.8) is 0 Å². The van der Waals surface area contributed by atoms with Gasteiger partial charge in [-0.05, 0) is 24.3 Å². The summed E-state index contributed by atoms with van der Waals surface area (Å²) < 4.78 is 7.12. The standard InChI is InChI=1S/C22H17N4/c1-24-20-18-13-23-12-11-19(18)26(16-8-3-2-4-9-16)22(20)25-14-15-7-5-6-10-17(15)21(24)25/h2-13H,14H2,1H3/q+1. The number of para-hydroxylation sites is 1. The lowest BCUT2D eigenvalue weighted by Crippen LogP contribution is -2.33. The maximum atomic E-state index is 4.40. The maximum absolute atomic E-state index is 4.40. The van der Waals surface area contributed by atoms with E-state index in [1.807, 2.05) is 12.4 Å². The summed E-state index contributed by atoms with van der Waals surface area (Å²) in [4.78, 5) is 4.40. The number of hydrogen-bond acceptors (Lipinski definition) is 1. The number of nitrogens with zero attached hydrogens (tertiary/aromatic N) is 4. The first kappa shape index (κ1) is 13.8. The van der Waals surface area contributed by atoms with E-state index >= 15 is 0 Å². The van der Waals surface area contributed by atoms with Gasteiger partial charge in [0.15, 0.2) is 5.52 Å². The minimum atomic E-state index is 0.902. The molecular weight excluding hydrogens is 320 g/mol. The van der Waals surface area contributed by atoms with Crippen molar-refractivity contribution in [1.82, 2.24) is 14.1 Å². The summed E-state index contributed by atoms with van der Waals surface area (Å²) in [5.41, 5.74) is 7.54. The van der Waals surface area contributed by atoms with Crippen LogP contribution >= 0.6 is 0 Å². The SMILES string of the molecule is Cn1c2[n+](c3c1c1cnccc1n3-c1ccccc1)Cc1ccccc1-2. The second-order valence-electron chi connectivity index (χ2n) is 6.86. The molecule has 0 saturated carbocycles. The summed E-state index contributed by atoms with van der Waals surface area (Å²) in [6.07, 6.45) is 3.86. The molecule has 4 nitrogen and oxygen atoms in total. The van der Waals surface area contributed by atoms with Crippen LogP contribution in [-0.2, 0) is 13.6 Å². The van der Waals surface area contributed by atoms with Crippen molar-refractivity contribution in [2.45, 2.75) is 6.54 Å². The van der Waals surface area contributed by atoms with Crippen molar-refractivity contribution in [2.24, 2.45) is 7.05 Å². The number of aromatic nitrogens is 4. The first-order chi connectivity index (χ1) is 12.8. The number of benzene rings is 2. The first-order valence-corrected chi connectivity index (χ1v) is 8.85. The molecule has 0 atom stereocenters. The molecule has 1 aliphatic heterocycles. The van der Waals surface area contributed by atoms with Gasteiger partial charge < -0.3 is 0 Å². The minimum Gasteiger partial charge on any atom is -0.264 e. The fraction of sp³-hybridized carbons (Fsp3) is 0.0909. The fourth-order valence-electron chi connectivity index (χ4n) is 4.43. The highest BCUT2D eigenvalue weighted by Gasteiger charge is 2.35. The molecule has 0 N–H and O–H groups in total. The molecule has 0 bridgehead atoms. The molecule has 124 valence electrons. The molecule has 2 aromatic carbocycles. The van der Waals surface area contributed by atoms with Gasteiger partial charge in [-0.25, -0.2) is 9.13 Å². The van der Waals surface area contributed by atoms with Crippen molar-refractivity contribution >= 4 is 22.1 Å². The average molecular weight is 337 g/mol. The molecule has 6 rings (SSSR count). The van der Waals surface area contributed by atoms with Gasteiger partial charge in [-0.1, -0.05) is 36.4 Å². The highest BCUT2D eigenvalue weighted by molar-refractivity contribution is 6.05. The number of imidazole rings is 1. The Balaban J connectivity index is 1.83. The topological polar surface area (TPSA) is 26.6 Å². The molecule has 0 unspecified atom stereocenters. The Hall–Kier alpha value is -3.40. The zero-order valence-corrected chi connectivity index (χ0v) is 14.4. The number of rotatable bonds is 1. The van der Waals surface area contributed by atoms with Crippen molar-refractivity contribution in [1.29, 1.82) is 0 Å². The van der Waals surface area contributed by atoms with Gasteiger partial charge in [0.25, 0.3) is 5.65 Å². The van der Waals surface area contributed by atoms with Crippen LogP contribution in [0.4, 0.5) is 0 Å². The molecule has 3 aromatic heterocycles. The summed E-state index contributed by atoms with van der Waals surface area (Å²) in [5.74, 6) is 1.26. The van der Waals surface area contributed by atoms with Gasteiger partial charge in [-0.15, -0.1) is 0 Å². The second kappa shape index (κ2) is 4.82. The van der Waals surface area contributed by atoms with E-state index in [-0.39, 0.29) is 0 Å². The molecule has 4 heteroatoms. The van der Waals surface area contributed by atoms with Gasteiger partial charge in [-0.2, -0.15) is 0 Å². The van der Waals surface area contributed by atoms with Gasteiger partial charge in [0.2, 0.25) is 5.82 Å².